The maximum atomic E-state index is 13.5. The fourth-order valence-corrected chi connectivity index (χ4v) is 3.20. The minimum Gasteiger partial charge on any atom is -0.505 e. The van der Waals surface area contributed by atoms with E-state index in [2.05, 4.69) is 19.9 Å². The van der Waals surface area contributed by atoms with E-state index in [0.717, 1.165) is 6.07 Å². The van der Waals surface area contributed by atoms with Crippen LogP contribution in [0.2, 0.25) is 0 Å². The van der Waals surface area contributed by atoms with Crippen LogP contribution in [0.3, 0.4) is 0 Å². The fraction of sp³-hybridized carbons (Fsp3) is 0.0952. The average molecular weight is 417 g/mol. The number of nitrogens with two attached hydrogens (primary N) is 1. The quantitative estimate of drug-likeness (QED) is 0.483. The number of phenolic OH excluding ortho intramolecular Hbond substituents is 1. The number of nitrogen functional groups attached to an aromatic ring is 1. The largest absolute Gasteiger partial charge is 0.505 e. The van der Waals surface area contributed by atoms with Crippen molar-refractivity contribution in [2.24, 2.45) is 0 Å². The molecule has 2 heterocycles. The van der Waals surface area contributed by atoms with Gasteiger partial charge in [0.05, 0.1) is 11.1 Å². The molecule has 3 N–H and O–H groups in total. The standard InChI is InChI=1S/C21H16FN7O2/c1-24-12-28(14-5-3-2-4-6-14)17(31)10-29-21-18(20(23)25-11-26-21)19(27-29)13-7-8-15(22)16(30)9-13/h2-9,11,30H,10,12H2,(H2,23,25,26). The number of halogens is 1. The maximum absolute atomic E-state index is 13.5. The van der Waals surface area contributed by atoms with E-state index in [1.54, 1.807) is 24.3 Å². The Labute approximate surface area is 176 Å². The van der Waals surface area contributed by atoms with Crippen molar-refractivity contribution in [1.29, 1.82) is 0 Å². The molecule has 0 saturated heterocycles. The molecule has 0 fully saturated rings. The molecule has 2 aromatic carbocycles. The van der Waals surface area contributed by atoms with Crippen LogP contribution in [0.5, 0.6) is 5.75 Å². The molecule has 0 aliphatic rings. The third-order valence-corrected chi connectivity index (χ3v) is 4.64. The second-order valence-corrected chi connectivity index (χ2v) is 6.59. The molecule has 2 aromatic heterocycles. The molecule has 0 atom stereocenters. The zero-order valence-electron chi connectivity index (χ0n) is 16.1. The number of anilines is 2. The lowest BCUT2D eigenvalue weighted by atomic mass is 10.1. The number of phenols is 1. The zero-order valence-corrected chi connectivity index (χ0v) is 16.1. The number of aromatic nitrogens is 4. The number of hydrogen-bond acceptors (Lipinski definition) is 6. The van der Waals surface area contributed by atoms with E-state index in [4.69, 9.17) is 12.3 Å². The number of fused-ring (bicyclic) bond motifs is 1. The van der Waals surface area contributed by atoms with Gasteiger partial charge >= 0.3 is 0 Å². The molecular weight excluding hydrogens is 401 g/mol. The van der Waals surface area contributed by atoms with E-state index < -0.39 is 11.6 Å². The highest BCUT2D eigenvalue weighted by atomic mass is 19.1. The van der Waals surface area contributed by atoms with Gasteiger partial charge in [0, 0.05) is 5.56 Å². The number of rotatable bonds is 5. The van der Waals surface area contributed by atoms with Gasteiger partial charge in [-0.2, -0.15) is 5.10 Å². The van der Waals surface area contributed by atoms with Gasteiger partial charge in [-0.05, 0) is 30.3 Å². The maximum Gasteiger partial charge on any atom is 0.295 e. The third-order valence-electron chi connectivity index (χ3n) is 4.64. The number of para-hydroxylation sites is 1. The van der Waals surface area contributed by atoms with E-state index in [-0.39, 0.29) is 24.9 Å². The highest BCUT2D eigenvalue weighted by molar-refractivity contribution is 6.00. The lowest BCUT2D eigenvalue weighted by Crippen LogP contribution is -2.34. The average Bonchev–Trinajstić information content (AvgIpc) is 3.14. The summed E-state index contributed by atoms with van der Waals surface area (Å²) in [6.07, 6.45) is 1.25. The second-order valence-electron chi connectivity index (χ2n) is 6.59. The van der Waals surface area contributed by atoms with Crippen molar-refractivity contribution in [1.82, 2.24) is 19.7 Å². The van der Waals surface area contributed by atoms with Gasteiger partial charge in [0.2, 0.25) is 0 Å². The first-order chi connectivity index (χ1) is 15.0. The summed E-state index contributed by atoms with van der Waals surface area (Å²) in [4.78, 5) is 25.9. The number of hydrogen-bond donors (Lipinski definition) is 2. The van der Waals surface area contributed by atoms with Crippen LogP contribution in [-0.4, -0.2) is 37.4 Å². The molecule has 10 heteroatoms. The summed E-state index contributed by atoms with van der Waals surface area (Å²) >= 11 is 0. The molecular formula is C21H16FN7O2. The van der Waals surface area contributed by atoms with Crippen molar-refractivity contribution in [3.63, 3.8) is 0 Å². The zero-order chi connectivity index (χ0) is 22.0. The molecule has 0 spiro atoms. The predicted octanol–water partition coefficient (Wildman–Crippen LogP) is 2.83. The summed E-state index contributed by atoms with van der Waals surface area (Å²) in [6.45, 7) is 6.81. The number of amides is 1. The van der Waals surface area contributed by atoms with E-state index >= 15 is 0 Å². The lowest BCUT2D eigenvalue weighted by molar-refractivity contribution is -0.119. The van der Waals surface area contributed by atoms with Crippen molar-refractivity contribution in [2.75, 3.05) is 17.3 Å². The SMILES string of the molecule is [C-]#[N+]CN(C(=O)Cn1nc(-c2ccc(F)c(O)c2)c2c(N)ncnc21)c1ccccc1. The van der Waals surface area contributed by atoms with Gasteiger partial charge in [0.15, 0.2) is 17.2 Å². The molecule has 9 nitrogen and oxygen atoms in total. The van der Waals surface area contributed by atoms with Gasteiger partial charge in [-0.25, -0.2) is 30.5 Å². The smallest absolute Gasteiger partial charge is 0.295 e. The van der Waals surface area contributed by atoms with Crippen molar-refractivity contribution >= 4 is 28.4 Å². The van der Waals surface area contributed by atoms with Gasteiger partial charge in [0.25, 0.3) is 12.6 Å². The van der Waals surface area contributed by atoms with Gasteiger partial charge < -0.3 is 10.8 Å². The molecule has 154 valence electrons. The summed E-state index contributed by atoms with van der Waals surface area (Å²) < 4.78 is 14.9. The predicted molar refractivity (Wildman–Crippen MR) is 112 cm³/mol. The molecule has 4 aromatic rings. The Kier molecular flexibility index (Phi) is 5.15. The Bertz CT molecular complexity index is 1310. The Morgan fingerprint density at radius 1 is 1.23 bits per heavy atom. The number of nitrogens with zero attached hydrogens (tertiary/aromatic N) is 6. The van der Waals surface area contributed by atoms with Crippen molar-refractivity contribution < 1.29 is 14.3 Å². The molecule has 4 rings (SSSR count). The molecule has 31 heavy (non-hydrogen) atoms. The van der Waals surface area contributed by atoms with Crippen LogP contribution in [-0.2, 0) is 11.3 Å². The normalized spacial score (nSPS) is 10.7. The molecule has 0 aliphatic heterocycles. The molecule has 0 radical (unpaired) electrons. The van der Waals surface area contributed by atoms with Crippen LogP contribution >= 0.6 is 0 Å². The van der Waals surface area contributed by atoms with E-state index in [1.807, 2.05) is 6.07 Å². The summed E-state index contributed by atoms with van der Waals surface area (Å²) in [5.74, 6) is -1.57. The van der Waals surface area contributed by atoms with Crippen LogP contribution in [0.25, 0.3) is 27.1 Å². The first kappa shape index (κ1) is 19.8. The van der Waals surface area contributed by atoms with Crippen LogP contribution in [0.4, 0.5) is 15.9 Å². The van der Waals surface area contributed by atoms with Crippen LogP contribution in [0.1, 0.15) is 0 Å². The van der Waals surface area contributed by atoms with Crippen LogP contribution in [0.15, 0.2) is 54.9 Å². The minimum atomic E-state index is -0.774. The molecule has 0 bridgehead atoms. The van der Waals surface area contributed by atoms with Crippen molar-refractivity contribution in [3.8, 4) is 17.0 Å². The number of aromatic hydroxyl groups is 1. The first-order valence-electron chi connectivity index (χ1n) is 9.14. The van der Waals surface area contributed by atoms with E-state index in [9.17, 15) is 14.3 Å². The topological polar surface area (TPSA) is 115 Å². The van der Waals surface area contributed by atoms with E-state index in [0.29, 0.717) is 28.0 Å². The highest BCUT2D eigenvalue weighted by Crippen LogP contribution is 2.32. The number of carbonyl (C=O) groups is 1. The molecule has 1 amide bonds. The van der Waals surface area contributed by atoms with Crippen LogP contribution in [0, 0.1) is 12.4 Å². The van der Waals surface area contributed by atoms with Gasteiger partial charge in [-0.3, -0.25) is 9.64 Å². The van der Waals surface area contributed by atoms with Gasteiger partial charge in [-0.15, -0.1) is 0 Å². The number of carbonyl (C=O) groups excluding carboxylic acids is 1. The Morgan fingerprint density at radius 2 is 2.00 bits per heavy atom. The van der Waals surface area contributed by atoms with Gasteiger partial charge in [-0.1, -0.05) is 18.2 Å². The van der Waals surface area contributed by atoms with Crippen molar-refractivity contribution in [3.05, 3.63) is 72.1 Å². The third kappa shape index (κ3) is 3.72. The highest BCUT2D eigenvalue weighted by Gasteiger charge is 2.23. The summed E-state index contributed by atoms with van der Waals surface area (Å²) in [7, 11) is 0. The molecule has 0 saturated carbocycles. The monoisotopic (exact) mass is 417 g/mol. The van der Waals surface area contributed by atoms with Crippen LogP contribution < -0.4 is 10.6 Å². The first-order valence-corrected chi connectivity index (χ1v) is 9.14. The Balaban J connectivity index is 1.78. The molecule has 0 aliphatic carbocycles. The van der Waals surface area contributed by atoms with E-state index in [1.165, 1.54) is 28.0 Å². The summed E-state index contributed by atoms with van der Waals surface area (Å²) in [5, 5.41) is 14.6. The Morgan fingerprint density at radius 3 is 2.71 bits per heavy atom. The minimum absolute atomic E-state index is 0.128. The second kappa shape index (κ2) is 8.08. The van der Waals surface area contributed by atoms with Gasteiger partial charge in [0.1, 0.15) is 24.4 Å². The Hall–Kier alpha value is -4.52. The number of benzene rings is 2. The fourth-order valence-electron chi connectivity index (χ4n) is 3.20. The summed E-state index contributed by atoms with van der Waals surface area (Å²) in [6, 6.07) is 12.6. The van der Waals surface area contributed by atoms with Crippen molar-refractivity contribution in [2.45, 2.75) is 6.54 Å². The lowest BCUT2D eigenvalue weighted by Gasteiger charge is -2.17. The summed E-state index contributed by atoms with van der Waals surface area (Å²) in [5.41, 5.74) is 7.60. The molecule has 0 unspecified atom stereocenters.